The summed E-state index contributed by atoms with van der Waals surface area (Å²) >= 11 is 0. The van der Waals surface area contributed by atoms with Crippen LogP contribution >= 0.6 is 0 Å². The predicted octanol–water partition coefficient (Wildman–Crippen LogP) is -0.217. The van der Waals surface area contributed by atoms with E-state index in [0.717, 1.165) is 0 Å². The van der Waals surface area contributed by atoms with Crippen molar-refractivity contribution in [3.63, 3.8) is 0 Å². The molecule has 140 valence electrons. The van der Waals surface area contributed by atoms with E-state index in [-0.39, 0.29) is 22.9 Å². The van der Waals surface area contributed by atoms with Gasteiger partial charge >= 0.3 is 0 Å². The van der Waals surface area contributed by atoms with Crippen molar-refractivity contribution >= 4 is 21.8 Å². The normalized spacial score (nSPS) is 11.4. The van der Waals surface area contributed by atoms with Crippen molar-refractivity contribution in [1.29, 1.82) is 0 Å². The Kier molecular flexibility index (Phi) is 8.53. The summed E-state index contributed by atoms with van der Waals surface area (Å²) in [5.74, 6) is -0.809. The van der Waals surface area contributed by atoms with Gasteiger partial charge in [-0.05, 0) is 25.2 Å². The summed E-state index contributed by atoms with van der Waals surface area (Å²) in [4.78, 5) is 23.8. The second-order valence-electron chi connectivity index (χ2n) is 5.25. The van der Waals surface area contributed by atoms with Gasteiger partial charge in [-0.25, -0.2) is 8.42 Å². The van der Waals surface area contributed by atoms with E-state index in [1.54, 1.807) is 20.9 Å². The second-order valence-corrected chi connectivity index (χ2v) is 7.19. The van der Waals surface area contributed by atoms with Gasteiger partial charge in [-0.15, -0.1) is 0 Å². The van der Waals surface area contributed by atoms with Crippen LogP contribution in [0.2, 0.25) is 0 Å². The molecule has 0 aromatic heterocycles. The summed E-state index contributed by atoms with van der Waals surface area (Å²) in [5, 5.41) is 8.01. The van der Waals surface area contributed by atoms with Crippen LogP contribution in [0.5, 0.6) is 0 Å². The summed E-state index contributed by atoms with van der Waals surface area (Å²) in [6, 6.07) is 5.80. The highest BCUT2D eigenvalue weighted by Crippen LogP contribution is 2.16. The molecule has 25 heavy (non-hydrogen) atoms. The first-order valence-corrected chi connectivity index (χ1v) is 9.60. The molecule has 0 saturated carbocycles. The van der Waals surface area contributed by atoms with Crippen molar-refractivity contribution < 1.29 is 18.0 Å². The first-order chi connectivity index (χ1) is 11.9. The molecule has 0 heterocycles. The maximum absolute atomic E-state index is 12.5. The average molecular weight is 370 g/mol. The third kappa shape index (κ3) is 6.11. The lowest BCUT2D eigenvalue weighted by Crippen LogP contribution is -2.39. The first-order valence-electron chi connectivity index (χ1n) is 8.16. The van der Waals surface area contributed by atoms with Gasteiger partial charge in [0.05, 0.1) is 11.4 Å². The van der Waals surface area contributed by atoms with Crippen LogP contribution in [-0.4, -0.2) is 64.3 Å². The maximum atomic E-state index is 12.5. The van der Waals surface area contributed by atoms with E-state index in [4.69, 9.17) is 0 Å². The molecule has 2 amide bonds. The molecule has 1 rings (SSSR count). The zero-order valence-electron chi connectivity index (χ0n) is 14.8. The van der Waals surface area contributed by atoms with E-state index < -0.39 is 15.9 Å². The van der Waals surface area contributed by atoms with Gasteiger partial charge in [0.15, 0.2) is 0 Å². The third-order valence-electron chi connectivity index (χ3n) is 3.55. The molecule has 0 unspecified atom stereocenters. The van der Waals surface area contributed by atoms with E-state index >= 15 is 0 Å². The van der Waals surface area contributed by atoms with Gasteiger partial charge in [0, 0.05) is 31.7 Å². The quantitative estimate of drug-likeness (QED) is 0.494. The summed E-state index contributed by atoms with van der Waals surface area (Å²) in [6.07, 6.45) is 0. The molecule has 0 radical (unpaired) electrons. The van der Waals surface area contributed by atoms with Gasteiger partial charge in [0.25, 0.3) is 5.91 Å². The Morgan fingerprint density at radius 1 is 1.08 bits per heavy atom. The molecule has 0 aliphatic heterocycles. The van der Waals surface area contributed by atoms with Crippen LogP contribution in [0.15, 0.2) is 29.2 Å². The largest absolute Gasteiger partial charge is 0.353 e. The van der Waals surface area contributed by atoms with E-state index in [1.807, 2.05) is 0 Å². The Morgan fingerprint density at radius 3 is 2.36 bits per heavy atom. The Morgan fingerprint density at radius 2 is 1.76 bits per heavy atom. The molecule has 9 heteroatoms. The summed E-state index contributed by atoms with van der Waals surface area (Å²) in [7, 11) is -1.87. The Hall–Kier alpha value is -1.97. The van der Waals surface area contributed by atoms with Crippen LogP contribution in [0.25, 0.3) is 0 Å². The lowest BCUT2D eigenvalue weighted by molar-refractivity contribution is -0.120. The number of benzene rings is 1. The number of nitrogens with one attached hydrogen (secondary N) is 3. The van der Waals surface area contributed by atoms with Crippen LogP contribution in [0, 0.1) is 0 Å². The zero-order valence-corrected chi connectivity index (χ0v) is 15.6. The van der Waals surface area contributed by atoms with Crippen LogP contribution in [-0.2, 0) is 14.8 Å². The van der Waals surface area contributed by atoms with Gasteiger partial charge in [-0.1, -0.05) is 19.9 Å². The molecule has 0 aliphatic rings. The second kappa shape index (κ2) is 10.1. The summed E-state index contributed by atoms with van der Waals surface area (Å²) < 4.78 is 26.3. The number of sulfonamides is 1. The SMILES string of the molecule is CCN(CC)S(=O)(=O)c1cccc(C(=O)NCC(=O)NCCNC)c1. The van der Waals surface area contributed by atoms with Crippen LogP contribution < -0.4 is 16.0 Å². The van der Waals surface area contributed by atoms with Crippen molar-refractivity contribution in [3.05, 3.63) is 29.8 Å². The van der Waals surface area contributed by atoms with Crippen molar-refractivity contribution in [1.82, 2.24) is 20.3 Å². The van der Waals surface area contributed by atoms with Crippen molar-refractivity contribution in [3.8, 4) is 0 Å². The van der Waals surface area contributed by atoms with Gasteiger partial charge in [-0.3, -0.25) is 9.59 Å². The van der Waals surface area contributed by atoms with Crippen molar-refractivity contribution in [2.24, 2.45) is 0 Å². The van der Waals surface area contributed by atoms with E-state index in [9.17, 15) is 18.0 Å². The Bertz CT molecular complexity index is 687. The van der Waals surface area contributed by atoms with Gasteiger partial charge < -0.3 is 16.0 Å². The number of amides is 2. The maximum Gasteiger partial charge on any atom is 0.251 e. The van der Waals surface area contributed by atoms with Gasteiger partial charge in [0.1, 0.15) is 0 Å². The van der Waals surface area contributed by atoms with E-state index in [2.05, 4.69) is 16.0 Å². The number of hydrogen-bond donors (Lipinski definition) is 3. The van der Waals surface area contributed by atoms with Crippen molar-refractivity contribution in [2.45, 2.75) is 18.7 Å². The molecule has 0 bridgehead atoms. The zero-order chi connectivity index (χ0) is 18.9. The molecule has 1 aromatic rings. The molecule has 1 aromatic carbocycles. The molecule has 0 aliphatic carbocycles. The van der Waals surface area contributed by atoms with Gasteiger partial charge in [0.2, 0.25) is 15.9 Å². The fourth-order valence-electron chi connectivity index (χ4n) is 2.16. The number of hydrogen-bond acceptors (Lipinski definition) is 5. The molecular formula is C16H26N4O4S. The van der Waals surface area contributed by atoms with Crippen LogP contribution in [0.1, 0.15) is 24.2 Å². The standard InChI is InChI=1S/C16H26N4O4S/c1-4-20(5-2)25(23,24)14-8-6-7-13(11-14)16(22)19-12-15(21)18-10-9-17-3/h6-8,11,17H,4-5,9-10,12H2,1-3H3,(H,18,21)(H,19,22). The Labute approximate surface area is 149 Å². The minimum absolute atomic E-state index is 0.0577. The number of carbonyl (C=O) groups is 2. The number of carbonyl (C=O) groups excluding carboxylic acids is 2. The smallest absolute Gasteiger partial charge is 0.251 e. The fraction of sp³-hybridized carbons (Fsp3) is 0.500. The van der Waals surface area contributed by atoms with E-state index in [1.165, 1.54) is 28.6 Å². The first kappa shape index (κ1) is 21.1. The molecule has 0 fully saturated rings. The molecule has 0 atom stereocenters. The van der Waals surface area contributed by atoms with Crippen molar-refractivity contribution in [2.75, 3.05) is 39.8 Å². The van der Waals surface area contributed by atoms with Crippen LogP contribution in [0.4, 0.5) is 0 Å². The lowest BCUT2D eigenvalue weighted by Gasteiger charge is -2.18. The lowest BCUT2D eigenvalue weighted by atomic mass is 10.2. The fourth-order valence-corrected chi connectivity index (χ4v) is 3.67. The topological polar surface area (TPSA) is 108 Å². The third-order valence-corrected chi connectivity index (χ3v) is 5.59. The highest BCUT2D eigenvalue weighted by Gasteiger charge is 2.22. The van der Waals surface area contributed by atoms with E-state index in [0.29, 0.717) is 26.2 Å². The number of rotatable bonds is 10. The minimum atomic E-state index is -3.64. The number of likely N-dealkylation sites (N-methyl/N-ethyl adjacent to an activating group) is 1. The summed E-state index contributed by atoms with van der Waals surface area (Å²) in [5.41, 5.74) is 0.191. The average Bonchev–Trinajstić information content (AvgIpc) is 2.60. The van der Waals surface area contributed by atoms with Gasteiger partial charge in [-0.2, -0.15) is 4.31 Å². The molecule has 0 spiro atoms. The minimum Gasteiger partial charge on any atom is -0.353 e. The molecule has 8 nitrogen and oxygen atoms in total. The summed E-state index contributed by atoms with van der Waals surface area (Å²) in [6.45, 7) is 5.13. The highest BCUT2D eigenvalue weighted by atomic mass is 32.2. The Balaban J connectivity index is 2.77. The predicted molar refractivity (Wildman–Crippen MR) is 95.8 cm³/mol. The monoisotopic (exact) mass is 370 g/mol. The molecular weight excluding hydrogens is 344 g/mol. The highest BCUT2D eigenvalue weighted by molar-refractivity contribution is 7.89. The molecule has 0 saturated heterocycles. The number of nitrogens with zero attached hydrogens (tertiary/aromatic N) is 1. The molecule has 3 N–H and O–H groups in total. The van der Waals surface area contributed by atoms with Crippen LogP contribution in [0.3, 0.4) is 0 Å².